The number of hydrogen-bond donors (Lipinski definition) is 2. The van der Waals surface area contributed by atoms with E-state index in [1.807, 2.05) is 4.90 Å². The molecule has 2 N–H and O–H groups in total. The Morgan fingerprint density at radius 2 is 1.72 bits per heavy atom. The molecule has 5 nitrogen and oxygen atoms in total. The molecule has 25 heavy (non-hydrogen) atoms. The van der Waals surface area contributed by atoms with Crippen molar-refractivity contribution >= 4 is 5.91 Å². The van der Waals surface area contributed by atoms with Gasteiger partial charge in [-0.2, -0.15) is 0 Å². The Morgan fingerprint density at radius 1 is 1.04 bits per heavy atom. The minimum Gasteiger partial charge on any atom is -0.340 e. The van der Waals surface area contributed by atoms with Crippen molar-refractivity contribution in [3.8, 4) is 0 Å². The van der Waals surface area contributed by atoms with Crippen molar-refractivity contribution in [3.63, 3.8) is 0 Å². The zero-order valence-electron chi connectivity index (χ0n) is 14.6. The summed E-state index contributed by atoms with van der Waals surface area (Å²) in [6.07, 6.45) is 5.33. The van der Waals surface area contributed by atoms with Crippen LogP contribution in [0.3, 0.4) is 0 Å². The number of amides is 1. The van der Waals surface area contributed by atoms with Gasteiger partial charge in [0.05, 0.1) is 12.0 Å². The summed E-state index contributed by atoms with van der Waals surface area (Å²) >= 11 is 0. The molecule has 6 heteroatoms. The summed E-state index contributed by atoms with van der Waals surface area (Å²) in [5, 5.41) is 0. The summed E-state index contributed by atoms with van der Waals surface area (Å²) in [4.78, 5) is 17.6. The lowest BCUT2D eigenvalue weighted by Gasteiger charge is -2.39. The van der Waals surface area contributed by atoms with Crippen LogP contribution in [-0.4, -0.2) is 54.5 Å². The molecule has 0 spiro atoms. The molecule has 0 aromatic heterocycles. The van der Waals surface area contributed by atoms with Crippen LogP contribution in [0.5, 0.6) is 0 Å². The summed E-state index contributed by atoms with van der Waals surface area (Å²) in [5.74, 6) is -0.179. The van der Waals surface area contributed by atoms with Crippen LogP contribution in [0.4, 0.5) is 4.39 Å². The molecule has 2 atom stereocenters. The average molecular weight is 346 g/mol. The van der Waals surface area contributed by atoms with Gasteiger partial charge < -0.3 is 4.90 Å². The number of nitrogens with one attached hydrogen (secondary N) is 2. The third-order valence-electron chi connectivity index (χ3n) is 6.00. The Labute approximate surface area is 148 Å². The molecular formula is C19H27FN4O. The fourth-order valence-corrected chi connectivity index (χ4v) is 4.52. The van der Waals surface area contributed by atoms with Crippen LogP contribution >= 0.6 is 0 Å². The van der Waals surface area contributed by atoms with Crippen LogP contribution in [0.1, 0.15) is 37.3 Å². The van der Waals surface area contributed by atoms with E-state index in [4.69, 9.17) is 0 Å². The van der Waals surface area contributed by atoms with Gasteiger partial charge in [0.25, 0.3) is 0 Å². The zero-order chi connectivity index (χ0) is 17.2. The lowest BCUT2D eigenvalue weighted by atomic mass is 9.93. The molecule has 2 saturated heterocycles. The van der Waals surface area contributed by atoms with Crippen molar-refractivity contribution in [2.75, 3.05) is 32.7 Å². The van der Waals surface area contributed by atoms with Crippen molar-refractivity contribution in [1.82, 2.24) is 20.7 Å². The molecule has 136 valence electrons. The van der Waals surface area contributed by atoms with E-state index < -0.39 is 0 Å². The molecule has 1 aromatic rings. The molecular weight excluding hydrogens is 319 g/mol. The largest absolute Gasteiger partial charge is 0.340 e. The number of hydrogen-bond acceptors (Lipinski definition) is 4. The highest BCUT2D eigenvalue weighted by Gasteiger charge is 2.38. The number of halogens is 1. The monoisotopic (exact) mass is 346 g/mol. The predicted octanol–water partition coefficient (Wildman–Crippen LogP) is 1.68. The van der Waals surface area contributed by atoms with E-state index in [1.54, 1.807) is 12.1 Å². The van der Waals surface area contributed by atoms with Gasteiger partial charge in [0.2, 0.25) is 5.91 Å². The first-order valence-electron chi connectivity index (χ1n) is 9.49. The molecule has 1 amide bonds. The van der Waals surface area contributed by atoms with Gasteiger partial charge in [-0.15, -0.1) is 0 Å². The van der Waals surface area contributed by atoms with Crippen LogP contribution in [0.25, 0.3) is 0 Å². The number of carbonyl (C=O) groups is 1. The number of rotatable bonds is 3. The fraction of sp³-hybridized carbons (Fsp3) is 0.632. The molecule has 4 rings (SSSR count). The third kappa shape index (κ3) is 3.57. The molecule has 0 bridgehead atoms. The second kappa shape index (κ2) is 7.40. The predicted molar refractivity (Wildman–Crippen MR) is 94.2 cm³/mol. The maximum atomic E-state index is 13.2. The molecule has 2 unspecified atom stereocenters. The Balaban J connectivity index is 1.37. The highest BCUT2D eigenvalue weighted by atomic mass is 19.1. The van der Waals surface area contributed by atoms with Crippen molar-refractivity contribution in [3.05, 3.63) is 35.6 Å². The number of hydrazine groups is 1. The minimum atomic E-state index is -0.249. The molecule has 1 aromatic carbocycles. The van der Waals surface area contributed by atoms with Gasteiger partial charge in [0.1, 0.15) is 5.82 Å². The molecule has 2 heterocycles. The molecule has 2 aliphatic heterocycles. The number of nitrogens with zero attached hydrogens (tertiary/aromatic N) is 2. The van der Waals surface area contributed by atoms with E-state index in [1.165, 1.54) is 37.8 Å². The topological polar surface area (TPSA) is 47.6 Å². The average Bonchev–Trinajstić information content (AvgIpc) is 3.34. The number of carbonyl (C=O) groups excluding carboxylic acids is 1. The SMILES string of the molecule is O=C(C1CNNC1c1ccc(F)cc1)N1CCN(C2CCCC2)CC1. The summed E-state index contributed by atoms with van der Waals surface area (Å²) < 4.78 is 13.2. The van der Waals surface area contributed by atoms with E-state index >= 15 is 0 Å². The van der Waals surface area contributed by atoms with E-state index in [9.17, 15) is 9.18 Å². The van der Waals surface area contributed by atoms with Crippen LogP contribution in [0.2, 0.25) is 0 Å². The fourth-order valence-electron chi connectivity index (χ4n) is 4.52. The standard InChI is InChI=1S/C19H27FN4O/c20-15-7-5-14(6-8-15)18-17(13-21-22-18)19(25)24-11-9-23(10-12-24)16-3-1-2-4-16/h5-8,16-18,21-22H,1-4,9-13H2. The van der Waals surface area contributed by atoms with Gasteiger partial charge >= 0.3 is 0 Å². The van der Waals surface area contributed by atoms with Gasteiger partial charge in [-0.3, -0.25) is 15.1 Å². The highest BCUT2D eigenvalue weighted by molar-refractivity contribution is 5.80. The van der Waals surface area contributed by atoms with Crippen LogP contribution in [0, 0.1) is 11.7 Å². The normalized spacial score (nSPS) is 28.6. The highest BCUT2D eigenvalue weighted by Crippen LogP contribution is 2.28. The van der Waals surface area contributed by atoms with Crippen LogP contribution in [-0.2, 0) is 4.79 Å². The summed E-state index contributed by atoms with van der Waals surface area (Å²) in [5.41, 5.74) is 7.25. The molecule has 3 aliphatic rings. The molecule has 0 radical (unpaired) electrons. The Bertz CT molecular complexity index is 594. The lowest BCUT2D eigenvalue weighted by molar-refractivity contribution is -0.137. The maximum Gasteiger partial charge on any atom is 0.229 e. The maximum absolute atomic E-state index is 13.2. The Kier molecular flexibility index (Phi) is 5.01. The van der Waals surface area contributed by atoms with Crippen LogP contribution < -0.4 is 10.9 Å². The summed E-state index contributed by atoms with van der Waals surface area (Å²) in [7, 11) is 0. The summed E-state index contributed by atoms with van der Waals surface area (Å²) in [6.45, 7) is 4.24. The van der Waals surface area contributed by atoms with Gasteiger partial charge in [-0.1, -0.05) is 25.0 Å². The quantitative estimate of drug-likeness (QED) is 0.874. The van der Waals surface area contributed by atoms with Gasteiger partial charge in [-0.25, -0.2) is 9.82 Å². The van der Waals surface area contributed by atoms with Crippen molar-refractivity contribution in [2.45, 2.75) is 37.8 Å². The Hall–Kier alpha value is -1.50. The van der Waals surface area contributed by atoms with Crippen molar-refractivity contribution in [1.29, 1.82) is 0 Å². The summed E-state index contributed by atoms with van der Waals surface area (Å²) in [6, 6.07) is 7.07. The van der Waals surface area contributed by atoms with E-state index in [0.29, 0.717) is 6.54 Å². The van der Waals surface area contributed by atoms with Crippen molar-refractivity contribution in [2.24, 2.45) is 5.92 Å². The van der Waals surface area contributed by atoms with E-state index in [-0.39, 0.29) is 23.7 Å². The Morgan fingerprint density at radius 3 is 2.40 bits per heavy atom. The number of benzene rings is 1. The van der Waals surface area contributed by atoms with E-state index in [0.717, 1.165) is 37.8 Å². The van der Waals surface area contributed by atoms with Gasteiger partial charge in [-0.05, 0) is 30.5 Å². The minimum absolute atomic E-state index is 0.0963. The molecule has 1 aliphatic carbocycles. The second-order valence-electron chi connectivity index (χ2n) is 7.46. The first-order chi connectivity index (χ1) is 12.2. The number of piperazine rings is 1. The van der Waals surface area contributed by atoms with Crippen molar-refractivity contribution < 1.29 is 9.18 Å². The second-order valence-corrected chi connectivity index (χ2v) is 7.46. The van der Waals surface area contributed by atoms with Crippen LogP contribution in [0.15, 0.2) is 24.3 Å². The molecule has 3 fully saturated rings. The van der Waals surface area contributed by atoms with Gasteiger partial charge in [0, 0.05) is 38.8 Å². The smallest absolute Gasteiger partial charge is 0.229 e. The zero-order valence-corrected chi connectivity index (χ0v) is 14.6. The first kappa shape index (κ1) is 16.9. The van der Waals surface area contributed by atoms with Gasteiger partial charge in [0.15, 0.2) is 0 Å². The third-order valence-corrected chi connectivity index (χ3v) is 6.00. The lowest BCUT2D eigenvalue weighted by Crippen LogP contribution is -2.53. The van der Waals surface area contributed by atoms with E-state index in [2.05, 4.69) is 15.8 Å². The first-order valence-corrected chi connectivity index (χ1v) is 9.49. The molecule has 1 saturated carbocycles.